The van der Waals surface area contributed by atoms with E-state index in [-0.39, 0.29) is 0 Å². The zero-order chi connectivity index (χ0) is 10.9. The molecular formula is C9H15FN4S. The summed E-state index contributed by atoms with van der Waals surface area (Å²) in [6.07, 6.45) is 0. The molecule has 0 unspecified atom stereocenters. The molecule has 1 N–H and O–H groups in total. The van der Waals surface area contributed by atoms with Gasteiger partial charge in [-0.2, -0.15) is 0 Å². The van der Waals surface area contributed by atoms with Crippen LogP contribution in [0.15, 0.2) is 0 Å². The van der Waals surface area contributed by atoms with Crippen LogP contribution in [-0.2, 0) is 5.67 Å². The van der Waals surface area contributed by atoms with Gasteiger partial charge in [0.05, 0.1) is 0 Å². The zero-order valence-corrected chi connectivity index (χ0v) is 9.77. The third-order valence-corrected chi connectivity index (χ3v) is 3.59. The summed E-state index contributed by atoms with van der Waals surface area (Å²) in [5, 5.41) is 12.5. The van der Waals surface area contributed by atoms with E-state index in [9.17, 15) is 4.39 Å². The van der Waals surface area contributed by atoms with Gasteiger partial charge in [0, 0.05) is 26.2 Å². The number of hydrogen-bond acceptors (Lipinski definition) is 5. The van der Waals surface area contributed by atoms with E-state index < -0.39 is 5.67 Å². The van der Waals surface area contributed by atoms with Crippen LogP contribution in [-0.4, -0.2) is 36.4 Å². The first-order chi connectivity index (χ1) is 7.07. The molecule has 84 valence electrons. The first-order valence-corrected chi connectivity index (χ1v) is 5.87. The molecule has 1 saturated heterocycles. The van der Waals surface area contributed by atoms with Crippen LogP contribution in [0.2, 0.25) is 0 Å². The maximum absolute atomic E-state index is 13.6. The van der Waals surface area contributed by atoms with Gasteiger partial charge >= 0.3 is 0 Å². The topological polar surface area (TPSA) is 41.1 Å². The maximum atomic E-state index is 13.6. The summed E-state index contributed by atoms with van der Waals surface area (Å²) >= 11 is 1.35. The van der Waals surface area contributed by atoms with Crippen molar-refractivity contribution in [3.05, 3.63) is 5.01 Å². The molecule has 2 rings (SSSR count). The Morgan fingerprint density at radius 2 is 2.00 bits per heavy atom. The number of hydrogen-bond donors (Lipinski definition) is 1. The Bertz CT molecular complexity index is 327. The lowest BCUT2D eigenvalue weighted by molar-refractivity contribution is 0.219. The second kappa shape index (κ2) is 4.02. The second-order valence-electron chi connectivity index (χ2n) is 4.10. The van der Waals surface area contributed by atoms with Crippen LogP contribution in [0.25, 0.3) is 0 Å². The molecule has 0 aromatic carbocycles. The monoisotopic (exact) mass is 230 g/mol. The molecule has 6 heteroatoms. The molecule has 15 heavy (non-hydrogen) atoms. The number of anilines is 1. The highest BCUT2D eigenvalue weighted by Crippen LogP contribution is 2.31. The summed E-state index contributed by atoms with van der Waals surface area (Å²) in [6.45, 7) is 6.76. The molecule has 1 aliphatic rings. The average Bonchev–Trinajstić information content (AvgIpc) is 2.67. The van der Waals surface area contributed by atoms with Crippen molar-refractivity contribution in [2.75, 3.05) is 31.1 Å². The molecule has 0 radical (unpaired) electrons. The highest BCUT2D eigenvalue weighted by Gasteiger charge is 2.25. The SMILES string of the molecule is CC(C)(F)c1nnc(N2CCNCC2)s1. The third-order valence-electron chi connectivity index (χ3n) is 2.31. The van der Waals surface area contributed by atoms with Crippen molar-refractivity contribution in [2.24, 2.45) is 0 Å². The lowest BCUT2D eigenvalue weighted by atomic mass is 10.2. The minimum atomic E-state index is -1.38. The van der Waals surface area contributed by atoms with Gasteiger partial charge in [-0.05, 0) is 13.8 Å². The van der Waals surface area contributed by atoms with Gasteiger partial charge in [0.2, 0.25) is 5.13 Å². The molecule has 0 amide bonds. The van der Waals surface area contributed by atoms with Crippen LogP contribution in [0.4, 0.5) is 9.52 Å². The minimum Gasteiger partial charge on any atom is -0.344 e. The van der Waals surface area contributed by atoms with E-state index in [1.54, 1.807) is 0 Å². The lowest BCUT2D eigenvalue weighted by Gasteiger charge is -2.26. The molecule has 1 aromatic heterocycles. The van der Waals surface area contributed by atoms with Crippen molar-refractivity contribution >= 4 is 16.5 Å². The molecule has 2 heterocycles. The molecule has 0 bridgehead atoms. The van der Waals surface area contributed by atoms with Crippen molar-refractivity contribution in [2.45, 2.75) is 19.5 Å². The van der Waals surface area contributed by atoms with Gasteiger partial charge in [-0.25, -0.2) is 4.39 Å². The van der Waals surface area contributed by atoms with E-state index in [0.717, 1.165) is 31.3 Å². The molecule has 0 spiro atoms. The summed E-state index contributed by atoms with van der Waals surface area (Å²) in [6, 6.07) is 0. The van der Waals surface area contributed by atoms with Crippen LogP contribution >= 0.6 is 11.3 Å². The smallest absolute Gasteiger partial charge is 0.208 e. The van der Waals surface area contributed by atoms with Crippen LogP contribution in [0.5, 0.6) is 0 Å². The van der Waals surface area contributed by atoms with Crippen LogP contribution < -0.4 is 10.2 Å². The minimum absolute atomic E-state index is 0.455. The van der Waals surface area contributed by atoms with Gasteiger partial charge in [0.1, 0.15) is 0 Å². The van der Waals surface area contributed by atoms with Gasteiger partial charge in [0.25, 0.3) is 0 Å². The average molecular weight is 230 g/mol. The standard InChI is InChI=1S/C9H15FN4S/c1-9(2,10)7-12-13-8(15-7)14-5-3-11-4-6-14/h11H,3-6H2,1-2H3. The van der Waals surface area contributed by atoms with Crippen LogP contribution in [0.3, 0.4) is 0 Å². The quantitative estimate of drug-likeness (QED) is 0.827. The summed E-state index contributed by atoms with van der Waals surface area (Å²) < 4.78 is 13.6. The first-order valence-electron chi connectivity index (χ1n) is 5.06. The molecule has 0 aliphatic carbocycles. The van der Waals surface area contributed by atoms with Crippen LogP contribution in [0.1, 0.15) is 18.9 Å². The number of aromatic nitrogens is 2. The zero-order valence-electron chi connectivity index (χ0n) is 8.96. The van der Waals surface area contributed by atoms with Crippen molar-refractivity contribution < 1.29 is 4.39 Å². The van der Waals surface area contributed by atoms with Crippen LogP contribution in [0, 0.1) is 0 Å². The number of nitrogens with zero attached hydrogens (tertiary/aromatic N) is 3. The molecule has 1 aromatic rings. The van der Waals surface area contributed by atoms with Crippen molar-refractivity contribution in [1.29, 1.82) is 0 Å². The molecule has 4 nitrogen and oxygen atoms in total. The Morgan fingerprint density at radius 1 is 1.33 bits per heavy atom. The van der Waals surface area contributed by atoms with E-state index in [1.165, 1.54) is 25.2 Å². The van der Waals surface area contributed by atoms with E-state index in [0.29, 0.717) is 5.01 Å². The Morgan fingerprint density at radius 3 is 2.53 bits per heavy atom. The number of alkyl halides is 1. The largest absolute Gasteiger partial charge is 0.344 e. The highest BCUT2D eigenvalue weighted by atomic mass is 32.1. The van der Waals surface area contributed by atoms with Crippen molar-refractivity contribution in [1.82, 2.24) is 15.5 Å². The van der Waals surface area contributed by atoms with Crippen molar-refractivity contribution in [3.63, 3.8) is 0 Å². The Labute approximate surface area is 92.5 Å². The highest BCUT2D eigenvalue weighted by molar-refractivity contribution is 7.15. The maximum Gasteiger partial charge on any atom is 0.208 e. The number of halogens is 1. The summed E-state index contributed by atoms with van der Waals surface area (Å²) in [5.41, 5.74) is -1.38. The van der Waals surface area contributed by atoms with Crippen molar-refractivity contribution in [3.8, 4) is 0 Å². The Hall–Kier alpha value is -0.750. The van der Waals surface area contributed by atoms with E-state index >= 15 is 0 Å². The van der Waals surface area contributed by atoms with Gasteiger partial charge in [-0.15, -0.1) is 10.2 Å². The summed E-state index contributed by atoms with van der Waals surface area (Å²) in [7, 11) is 0. The number of rotatable bonds is 2. The summed E-state index contributed by atoms with van der Waals surface area (Å²) in [4.78, 5) is 2.14. The lowest BCUT2D eigenvalue weighted by Crippen LogP contribution is -2.43. The van der Waals surface area contributed by atoms with Gasteiger partial charge in [0.15, 0.2) is 10.7 Å². The number of piperazine rings is 1. The van der Waals surface area contributed by atoms with E-state index in [1.807, 2.05) is 0 Å². The fourth-order valence-electron chi connectivity index (χ4n) is 1.44. The normalized spacial score (nSPS) is 18.2. The molecule has 1 aliphatic heterocycles. The molecular weight excluding hydrogens is 215 g/mol. The van der Waals surface area contributed by atoms with Gasteiger partial charge in [-0.3, -0.25) is 0 Å². The van der Waals surface area contributed by atoms with E-state index in [2.05, 4.69) is 20.4 Å². The first kappa shape index (κ1) is 10.8. The predicted molar refractivity (Wildman–Crippen MR) is 59.1 cm³/mol. The van der Waals surface area contributed by atoms with Gasteiger partial charge in [-0.1, -0.05) is 11.3 Å². The fourth-order valence-corrected chi connectivity index (χ4v) is 2.33. The van der Waals surface area contributed by atoms with Gasteiger partial charge < -0.3 is 10.2 Å². The Balaban J connectivity index is 2.12. The fraction of sp³-hybridized carbons (Fsp3) is 0.778. The molecule has 0 saturated carbocycles. The molecule has 0 atom stereocenters. The Kier molecular flexibility index (Phi) is 2.88. The second-order valence-corrected chi connectivity index (χ2v) is 5.06. The summed E-state index contributed by atoms with van der Waals surface area (Å²) in [5.74, 6) is 0. The number of nitrogens with one attached hydrogen (secondary N) is 1. The third kappa shape index (κ3) is 2.43. The molecule has 1 fully saturated rings. The van der Waals surface area contributed by atoms with E-state index in [4.69, 9.17) is 0 Å². The predicted octanol–water partition coefficient (Wildman–Crippen LogP) is 1.15.